The quantitative estimate of drug-likeness (QED) is 0.101. The van der Waals surface area contributed by atoms with Gasteiger partial charge in [-0.2, -0.15) is 0 Å². The van der Waals surface area contributed by atoms with Crippen molar-refractivity contribution in [2.75, 3.05) is 13.7 Å². The molecule has 0 unspecified atom stereocenters. The van der Waals surface area contributed by atoms with Crippen molar-refractivity contribution >= 4 is 29.4 Å². The molecule has 164 valence electrons. The molecule has 0 aliphatic carbocycles. The van der Waals surface area contributed by atoms with Crippen LogP contribution in [0.5, 0.6) is 5.75 Å². The highest BCUT2D eigenvalue weighted by Gasteiger charge is 2.32. The molecule has 11 heteroatoms. The largest absolute Gasteiger partial charge is 0.506 e. The zero-order chi connectivity index (χ0) is 23.3. The van der Waals surface area contributed by atoms with Gasteiger partial charge in [-0.05, 0) is 31.2 Å². The summed E-state index contributed by atoms with van der Waals surface area (Å²) in [5.41, 5.74) is -2.82. The number of aliphatic hydroxyl groups is 1. The smallest absolute Gasteiger partial charge is 0.379 e. The molecule has 0 atom stereocenters. The molecule has 2 aromatic carbocycles. The Hall–Kier alpha value is -3.76. The molecule has 0 spiro atoms. The molecule has 0 heterocycles. The fourth-order valence-corrected chi connectivity index (χ4v) is 2.29. The van der Waals surface area contributed by atoms with Crippen molar-refractivity contribution in [1.29, 1.82) is 0 Å². The Morgan fingerprint density at radius 2 is 1.48 bits per heavy atom. The zero-order valence-corrected chi connectivity index (χ0v) is 16.0. The maximum atomic E-state index is 14.1. The Balaban J connectivity index is 2.69. The van der Waals surface area contributed by atoms with Gasteiger partial charge in [0.1, 0.15) is 11.5 Å². The predicted octanol–water partition coefficient (Wildman–Crippen LogP) is 4.19. The molecule has 0 bridgehead atoms. The number of ketones is 1. The van der Waals surface area contributed by atoms with Crippen molar-refractivity contribution in [3.8, 4) is 5.75 Å². The van der Waals surface area contributed by atoms with Gasteiger partial charge in [-0.15, -0.1) is 0 Å². The van der Waals surface area contributed by atoms with E-state index in [9.17, 15) is 36.6 Å². The van der Waals surface area contributed by atoms with Gasteiger partial charge in [0.25, 0.3) is 5.78 Å². The number of hydrogen-bond donors (Lipinski definition) is 1. The second kappa shape index (κ2) is 9.83. The lowest BCUT2D eigenvalue weighted by Crippen LogP contribution is -2.22. The second-order valence-corrected chi connectivity index (χ2v) is 5.71. The van der Waals surface area contributed by atoms with E-state index >= 15 is 0 Å². The molecule has 0 radical (unpaired) electrons. The number of carbonyl (C=O) groups excluding carboxylic acids is 2. The molecule has 0 saturated heterocycles. The molecule has 0 aromatic heterocycles. The van der Waals surface area contributed by atoms with Gasteiger partial charge in [-0.1, -0.05) is 0 Å². The molecular formula is C20H14F5NO5. The number of aliphatic hydroxyl groups excluding tert-OH is 1. The van der Waals surface area contributed by atoms with Gasteiger partial charge in [-0.25, -0.2) is 26.7 Å². The monoisotopic (exact) mass is 443 g/mol. The number of aliphatic imine (C=N–C) groups is 1. The third-order valence-electron chi connectivity index (χ3n) is 3.82. The highest BCUT2D eigenvalue weighted by molar-refractivity contribution is 6.47. The summed E-state index contributed by atoms with van der Waals surface area (Å²) < 4.78 is 77.9. The van der Waals surface area contributed by atoms with E-state index in [1.165, 1.54) is 38.3 Å². The van der Waals surface area contributed by atoms with Gasteiger partial charge in [0.05, 0.1) is 30.5 Å². The van der Waals surface area contributed by atoms with Gasteiger partial charge in [-0.3, -0.25) is 9.79 Å². The van der Waals surface area contributed by atoms with Gasteiger partial charge < -0.3 is 14.6 Å². The molecule has 6 nitrogen and oxygen atoms in total. The minimum Gasteiger partial charge on any atom is -0.506 e. The van der Waals surface area contributed by atoms with Crippen LogP contribution >= 0.6 is 0 Å². The number of ether oxygens (including phenoxy) is 2. The summed E-state index contributed by atoms with van der Waals surface area (Å²) in [5, 5.41) is 10.2. The standard InChI is InChI=1S/C20H14F5NO5/c1-3-31-20(29)19(28)11(8-26-9-4-6-10(30-2)7-5-9)18(27)12-13(21)15(23)17(25)16(24)14(12)22/h4-8,27H,3H2,1-2H3/b18-11-,26-8?. The van der Waals surface area contributed by atoms with E-state index in [0.29, 0.717) is 12.0 Å². The topological polar surface area (TPSA) is 85.2 Å². The molecule has 1 N–H and O–H groups in total. The van der Waals surface area contributed by atoms with Crippen LogP contribution in [-0.2, 0) is 14.3 Å². The Labute approximate surface area is 172 Å². The predicted molar refractivity (Wildman–Crippen MR) is 98.6 cm³/mol. The summed E-state index contributed by atoms with van der Waals surface area (Å²) in [4.78, 5) is 27.9. The lowest BCUT2D eigenvalue weighted by molar-refractivity contribution is -0.151. The highest BCUT2D eigenvalue weighted by Crippen LogP contribution is 2.29. The maximum Gasteiger partial charge on any atom is 0.379 e. The van der Waals surface area contributed by atoms with E-state index < -0.39 is 57.7 Å². The Bertz CT molecular complexity index is 1050. The molecular weight excluding hydrogens is 429 g/mol. The van der Waals surface area contributed by atoms with Gasteiger partial charge in [0, 0.05) is 6.21 Å². The molecule has 0 saturated carbocycles. The van der Waals surface area contributed by atoms with E-state index in [4.69, 9.17) is 4.74 Å². The van der Waals surface area contributed by atoms with Crippen molar-refractivity contribution in [1.82, 2.24) is 0 Å². The van der Waals surface area contributed by atoms with E-state index in [-0.39, 0.29) is 12.3 Å². The van der Waals surface area contributed by atoms with Crippen LogP contribution in [0.15, 0.2) is 34.8 Å². The minimum atomic E-state index is -2.46. The number of esters is 1. The summed E-state index contributed by atoms with van der Waals surface area (Å²) in [7, 11) is 1.40. The van der Waals surface area contributed by atoms with Crippen LogP contribution in [0.1, 0.15) is 12.5 Å². The van der Waals surface area contributed by atoms with Gasteiger partial charge in [0.2, 0.25) is 5.82 Å². The number of hydrogen-bond acceptors (Lipinski definition) is 6. The lowest BCUT2D eigenvalue weighted by atomic mass is 10.0. The zero-order valence-electron chi connectivity index (χ0n) is 16.0. The summed E-state index contributed by atoms with van der Waals surface area (Å²) in [5.74, 6) is -16.4. The molecule has 31 heavy (non-hydrogen) atoms. The molecule has 0 amide bonds. The summed E-state index contributed by atoms with van der Waals surface area (Å²) in [6.45, 7) is 1.08. The first-order valence-corrected chi connectivity index (χ1v) is 8.48. The van der Waals surface area contributed by atoms with E-state index in [1.807, 2.05) is 0 Å². The fraction of sp³-hybridized carbons (Fsp3) is 0.150. The number of methoxy groups -OCH3 is 1. The van der Waals surface area contributed by atoms with Crippen LogP contribution in [0.25, 0.3) is 5.76 Å². The van der Waals surface area contributed by atoms with Crippen molar-refractivity contribution < 1.29 is 46.1 Å². The van der Waals surface area contributed by atoms with E-state index in [1.54, 1.807) is 0 Å². The average molecular weight is 443 g/mol. The summed E-state index contributed by atoms with van der Waals surface area (Å²) in [6.07, 6.45) is 0.536. The molecule has 0 fully saturated rings. The first-order valence-electron chi connectivity index (χ1n) is 8.48. The van der Waals surface area contributed by atoms with Crippen LogP contribution in [0.2, 0.25) is 0 Å². The van der Waals surface area contributed by atoms with Crippen LogP contribution in [-0.4, -0.2) is 36.8 Å². The number of benzene rings is 2. The number of rotatable bonds is 7. The first kappa shape index (κ1) is 23.5. The lowest BCUT2D eigenvalue weighted by Gasteiger charge is -2.10. The van der Waals surface area contributed by atoms with Crippen molar-refractivity contribution in [2.24, 2.45) is 4.99 Å². The number of Topliss-reactive ketones (excluding diaryl/α,β-unsaturated/α-hetero) is 1. The van der Waals surface area contributed by atoms with Crippen LogP contribution in [0.3, 0.4) is 0 Å². The van der Waals surface area contributed by atoms with E-state index in [0.717, 1.165) is 0 Å². The van der Waals surface area contributed by atoms with E-state index in [2.05, 4.69) is 9.73 Å². The Morgan fingerprint density at radius 1 is 0.968 bits per heavy atom. The van der Waals surface area contributed by atoms with Crippen molar-refractivity contribution in [3.63, 3.8) is 0 Å². The first-order chi connectivity index (χ1) is 14.6. The average Bonchev–Trinajstić information content (AvgIpc) is 2.77. The summed E-state index contributed by atoms with van der Waals surface area (Å²) in [6, 6.07) is 5.70. The Kier molecular flexibility index (Phi) is 7.46. The van der Waals surface area contributed by atoms with Crippen LogP contribution in [0.4, 0.5) is 27.6 Å². The second-order valence-electron chi connectivity index (χ2n) is 5.71. The summed E-state index contributed by atoms with van der Waals surface area (Å²) >= 11 is 0. The van der Waals surface area contributed by atoms with Crippen LogP contribution in [0, 0.1) is 29.1 Å². The number of nitrogens with zero attached hydrogens (tertiary/aromatic N) is 1. The SMILES string of the molecule is CCOC(=O)C(=O)/C(C=Nc1ccc(OC)cc1)=C(\O)c1c(F)c(F)c(F)c(F)c1F. The molecule has 0 aliphatic heterocycles. The molecule has 2 aromatic rings. The van der Waals surface area contributed by atoms with Crippen LogP contribution < -0.4 is 4.74 Å². The third-order valence-corrected chi connectivity index (χ3v) is 3.82. The number of halogens is 5. The maximum absolute atomic E-state index is 14.1. The van der Waals surface area contributed by atoms with Crippen molar-refractivity contribution in [2.45, 2.75) is 6.92 Å². The van der Waals surface area contributed by atoms with Gasteiger partial charge in [0.15, 0.2) is 23.3 Å². The normalized spacial score (nSPS) is 12.0. The van der Waals surface area contributed by atoms with Gasteiger partial charge >= 0.3 is 5.97 Å². The van der Waals surface area contributed by atoms with Crippen molar-refractivity contribution in [3.05, 3.63) is 64.5 Å². The molecule has 0 aliphatic rings. The number of carbonyl (C=O) groups is 2. The Morgan fingerprint density at radius 3 is 1.97 bits per heavy atom. The third kappa shape index (κ3) is 4.87. The fourth-order valence-electron chi connectivity index (χ4n) is 2.29. The molecule has 2 rings (SSSR count). The highest BCUT2D eigenvalue weighted by atomic mass is 19.2. The minimum absolute atomic E-state index is 0.139.